The van der Waals surface area contributed by atoms with E-state index in [0.29, 0.717) is 26.1 Å². The number of piperazine rings is 1. The van der Waals surface area contributed by atoms with Crippen LogP contribution in [0.1, 0.15) is 17.7 Å². The molecular formula is C20H27N5O2. The SMILES string of the molecule is Cc1ccnn1CCC(=O)N1CCN(CCc2ccccc2)CC1C(N)=O. The molecule has 0 aliphatic carbocycles. The molecule has 27 heavy (non-hydrogen) atoms. The second kappa shape index (κ2) is 8.81. The van der Waals surface area contributed by atoms with E-state index in [-0.39, 0.29) is 5.91 Å². The first-order chi connectivity index (χ1) is 13.0. The Morgan fingerprint density at radius 3 is 2.59 bits per heavy atom. The molecule has 0 saturated carbocycles. The summed E-state index contributed by atoms with van der Waals surface area (Å²) in [4.78, 5) is 28.5. The molecule has 0 bridgehead atoms. The van der Waals surface area contributed by atoms with Crippen molar-refractivity contribution in [2.75, 3.05) is 26.2 Å². The first kappa shape index (κ1) is 19.1. The summed E-state index contributed by atoms with van der Waals surface area (Å²) in [5, 5.41) is 4.20. The van der Waals surface area contributed by atoms with E-state index in [2.05, 4.69) is 22.1 Å². The van der Waals surface area contributed by atoms with Crippen LogP contribution in [0.5, 0.6) is 0 Å². The normalized spacial score (nSPS) is 17.8. The van der Waals surface area contributed by atoms with Crippen LogP contribution in [-0.2, 0) is 22.6 Å². The Balaban J connectivity index is 1.54. The maximum absolute atomic E-state index is 12.7. The van der Waals surface area contributed by atoms with Gasteiger partial charge in [-0.1, -0.05) is 30.3 Å². The van der Waals surface area contributed by atoms with E-state index in [9.17, 15) is 9.59 Å². The zero-order valence-electron chi connectivity index (χ0n) is 15.8. The number of carbonyl (C=O) groups excluding carboxylic acids is 2. The summed E-state index contributed by atoms with van der Waals surface area (Å²) in [6.07, 6.45) is 2.95. The molecule has 1 unspecified atom stereocenters. The van der Waals surface area contributed by atoms with Crippen LogP contribution in [0.2, 0.25) is 0 Å². The molecule has 1 aromatic heterocycles. The van der Waals surface area contributed by atoms with E-state index < -0.39 is 11.9 Å². The Morgan fingerprint density at radius 1 is 1.15 bits per heavy atom. The molecule has 144 valence electrons. The molecule has 1 aliphatic heterocycles. The minimum absolute atomic E-state index is 0.0450. The van der Waals surface area contributed by atoms with Gasteiger partial charge in [0, 0.05) is 51.0 Å². The molecule has 1 aliphatic rings. The van der Waals surface area contributed by atoms with Crippen molar-refractivity contribution in [2.45, 2.75) is 32.4 Å². The lowest BCUT2D eigenvalue weighted by Crippen LogP contribution is -2.60. The molecular weight excluding hydrogens is 342 g/mol. The van der Waals surface area contributed by atoms with Crippen molar-refractivity contribution in [2.24, 2.45) is 5.73 Å². The summed E-state index contributed by atoms with van der Waals surface area (Å²) >= 11 is 0. The van der Waals surface area contributed by atoms with Gasteiger partial charge in [-0.05, 0) is 25.0 Å². The van der Waals surface area contributed by atoms with Crippen molar-refractivity contribution < 1.29 is 9.59 Å². The quantitative estimate of drug-likeness (QED) is 0.783. The molecule has 2 amide bonds. The Labute approximate surface area is 159 Å². The number of nitrogens with two attached hydrogens (primary N) is 1. The fraction of sp³-hybridized carbons (Fsp3) is 0.450. The van der Waals surface area contributed by atoms with Crippen LogP contribution in [0.3, 0.4) is 0 Å². The maximum atomic E-state index is 12.7. The highest BCUT2D eigenvalue weighted by Gasteiger charge is 2.33. The van der Waals surface area contributed by atoms with Gasteiger partial charge >= 0.3 is 0 Å². The van der Waals surface area contributed by atoms with Crippen LogP contribution < -0.4 is 5.73 Å². The molecule has 2 N–H and O–H groups in total. The fourth-order valence-corrected chi connectivity index (χ4v) is 3.49. The Hall–Kier alpha value is -2.67. The smallest absolute Gasteiger partial charge is 0.241 e. The third kappa shape index (κ3) is 4.95. The largest absolute Gasteiger partial charge is 0.368 e. The van der Waals surface area contributed by atoms with E-state index in [1.54, 1.807) is 15.8 Å². The van der Waals surface area contributed by atoms with Crippen molar-refractivity contribution in [3.05, 3.63) is 53.9 Å². The third-order valence-corrected chi connectivity index (χ3v) is 5.14. The summed E-state index contributed by atoms with van der Waals surface area (Å²) in [7, 11) is 0. The summed E-state index contributed by atoms with van der Waals surface area (Å²) < 4.78 is 1.80. The first-order valence-electron chi connectivity index (χ1n) is 9.38. The first-order valence-corrected chi connectivity index (χ1v) is 9.38. The van der Waals surface area contributed by atoms with Crippen LogP contribution >= 0.6 is 0 Å². The predicted octanol–water partition coefficient (Wildman–Crippen LogP) is 0.822. The number of benzene rings is 1. The lowest BCUT2D eigenvalue weighted by Gasteiger charge is -2.40. The molecule has 7 nitrogen and oxygen atoms in total. The zero-order valence-corrected chi connectivity index (χ0v) is 15.8. The lowest BCUT2D eigenvalue weighted by atomic mass is 10.1. The van der Waals surface area contributed by atoms with E-state index in [1.807, 2.05) is 31.2 Å². The average molecular weight is 369 g/mol. The molecule has 3 rings (SSSR count). The molecule has 1 fully saturated rings. The fourth-order valence-electron chi connectivity index (χ4n) is 3.49. The predicted molar refractivity (Wildman–Crippen MR) is 103 cm³/mol. The van der Waals surface area contributed by atoms with Gasteiger partial charge in [-0.2, -0.15) is 5.10 Å². The van der Waals surface area contributed by atoms with Gasteiger partial charge in [-0.15, -0.1) is 0 Å². The molecule has 2 heterocycles. The van der Waals surface area contributed by atoms with E-state index >= 15 is 0 Å². The van der Waals surface area contributed by atoms with Crippen LogP contribution in [0.15, 0.2) is 42.6 Å². The van der Waals surface area contributed by atoms with Crippen LogP contribution in [0.25, 0.3) is 0 Å². The minimum Gasteiger partial charge on any atom is -0.368 e. The van der Waals surface area contributed by atoms with Gasteiger partial charge in [0.15, 0.2) is 0 Å². The molecule has 2 aromatic rings. The van der Waals surface area contributed by atoms with E-state index in [4.69, 9.17) is 5.73 Å². The van der Waals surface area contributed by atoms with Gasteiger partial charge in [0.05, 0.1) is 0 Å². The van der Waals surface area contributed by atoms with Crippen molar-refractivity contribution >= 4 is 11.8 Å². The molecule has 1 atom stereocenters. The average Bonchev–Trinajstić information content (AvgIpc) is 3.10. The summed E-state index contributed by atoms with van der Waals surface area (Å²) in [5.74, 6) is -0.487. The Morgan fingerprint density at radius 2 is 1.93 bits per heavy atom. The highest BCUT2D eigenvalue weighted by atomic mass is 16.2. The van der Waals surface area contributed by atoms with Crippen molar-refractivity contribution in [1.82, 2.24) is 19.6 Å². The standard InChI is InChI=1S/C20H27N5O2/c1-16-7-10-22-25(16)12-9-19(26)24-14-13-23(15-18(24)20(21)27)11-8-17-5-3-2-4-6-17/h2-7,10,18H,8-9,11-15H2,1H3,(H2,21,27). The van der Waals surface area contributed by atoms with Gasteiger partial charge in [-0.25, -0.2) is 0 Å². The Bertz CT molecular complexity index is 774. The molecule has 7 heteroatoms. The van der Waals surface area contributed by atoms with E-state index in [0.717, 1.165) is 25.2 Å². The number of nitrogens with zero attached hydrogens (tertiary/aromatic N) is 4. The zero-order chi connectivity index (χ0) is 19.2. The van der Waals surface area contributed by atoms with Crippen molar-refractivity contribution in [3.63, 3.8) is 0 Å². The van der Waals surface area contributed by atoms with Gasteiger partial charge in [0.2, 0.25) is 11.8 Å². The van der Waals surface area contributed by atoms with Crippen LogP contribution in [0, 0.1) is 6.92 Å². The number of aromatic nitrogens is 2. The highest BCUT2D eigenvalue weighted by Crippen LogP contribution is 2.13. The number of hydrogen-bond acceptors (Lipinski definition) is 4. The number of primary amides is 1. The van der Waals surface area contributed by atoms with Gasteiger partial charge in [-0.3, -0.25) is 19.2 Å². The van der Waals surface area contributed by atoms with Gasteiger partial charge < -0.3 is 10.6 Å². The summed E-state index contributed by atoms with van der Waals surface area (Å²) in [6.45, 7) is 5.09. The molecule has 0 spiro atoms. The second-order valence-electron chi connectivity index (χ2n) is 6.99. The van der Waals surface area contributed by atoms with Crippen LogP contribution in [-0.4, -0.2) is 63.6 Å². The number of hydrogen-bond donors (Lipinski definition) is 1. The monoisotopic (exact) mass is 369 g/mol. The number of carbonyl (C=O) groups is 2. The Kier molecular flexibility index (Phi) is 6.24. The van der Waals surface area contributed by atoms with Crippen molar-refractivity contribution in [3.8, 4) is 0 Å². The minimum atomic E-state index is -0.569. The number of rotatable bonds is 7. The number of amides is 2. The number of aryl methyl sites for hydroxylation is 2. The summed E-state index contributed by atoms with van der Waals surface area (Å²) in [5.41, 5.74) is 7.88. The lowest BCUT2D eigenvalue weighted by molar-refractivity contribution is -0.143. The maximum Gasteiger partial charge on any atom is 0.241 e. The van der Waals surface area contributed by atoms with Gasteiger partial charge in [0.1, 0.15) is 6.04 Å². The summed E-state index contributed by atoms with van der Waals surface area (Å²) in [6, 6.07) is 11.6. The second-order valence-corrected chi connectivity index (χ2v) is 6.99. The van der Waals surface area contributed by atoms with Gasteiger partial charge in [0.25, 0.3) is 0 Å². The topological polar surface area (TPSA) is 84.5 Å². The molecule has 0 radical (unpaired) electrons. The van der Waals surface area contributed by atoms with Crippen molar-refractivity contribution in [1.29, 1.82) is 0 Å². The molecule has 1 saturated heterocycles. The van der Waals surface area contributed by atoms with Crippen LogP contribution in [0.4, 0.5) is 0 Å². The van der Waals surface area contributed by atoms with E-state index in [1.165, 1.54) is 5.56 Å². The third-order valence-electron chi connectivity index (χ3n) is 5.14. The highest BCUT2D eigenvalue weighted by molar-refractivity contribution is 5.87. The molecule has 1 aromatic carbocycles.